The number of nitrogens with zero attached hydrogens (tertiary/aromatic N) is 1. The molecule has 6 fully saturated rings. The summed E-state index contributed by atoms with van der Waals surface area (Å²) < 4.78 is 36.8. The minimum Gasteiger partial charge on any atom is -0.508 e. The number of aliphatic hydroxyl groups excluding tert-OH is 5. The number of hydrogen-bond acceptors (Lipinski definition) is 24. The van der Waals surface area contributed by atoms with Gasteiger partial charge in [0.05, 0.1) is 29.1 Å². The lowest BCUT2D eigenvalue weighted by Crippen LogP contribution is -2.65. The van der Waals surface area contributed by atoms with Gasteiger partial charge in [-0.05, 0) is 171 Å². The minimum atomic E-state index is -2.32. The van der Waals surface area contributed by atoms with Crippen LogP contribution >= 0.6 is 23.2 Å². The average molecular weight is 1570 g/mol. The Labute approximate surface area is 639 Å². The highest BCUT2D eigenvalue weighted by atomic mass is 35.5. The number of primary amides is 1. The molecule has 0 aromatic heterocycles. The number of amides is 9. The number of carbonyl (C=O) groups is 9. The molecule has 4 aliphatic carbocycles. The van der Waals surface area contributed by atoms with Gasteiger partial charge in [0.15, 0.2) is 17.6 Å². The Balaban J connectivity index is 0.985. The third-order valence-electron chi connectivity index (χ3n) is 21.3. The van der Waals surface area contributed by atoms with Gasteiger partial charge in [0.1, 0.15) is 107 Å². The fourth-order valence-corrected chi connectivity index (χ4v) is 16.8. The van der Waals surface area contributed by atoms with Gasteiger partial charge in [-0.15, -0.1) is 0 Å². The van der Waals surface area contributed by atoms with Crippen molar-refractivity contribution in [1.82, 2.24) is 47.4 Å². The number of aliphatic hydroxyl groups is 5. The molecule has 2 saturated heterocycles. The molecular weight excluding hydrogens is 1480 g/mol. The predicted octanol–water partition coefficient (Wildman–Crippen LogP) is 3.92. The van der Waals surface area contributed by atoms with Crippen LogP contribution in [0.1, 0.15) is 138 Å². The smallest absolute Gasteiger partial charge is 0.410 e. The van der Waals surface area contributed by atoms with E-state index in [-0.39, 0.29) is 91.7 Å². The highest BCUT2D eigenvalue weighted by molar-refractivity contribution is 6.32. The number of alkyl carbamates (subject to hydrolysis) is 1. The van der Waals surface area contributed by atoms with E-state index < -0.39 is 197 Å². The van der Waals surface area contributed by atoms with Crippen LogP contribution in [0.2, 0.25) is 10.0 Å². The number of ether oxygens (including phenoxy) is 6. The summed E-state index contributed by atoms with van der Waals surface area (Å²) in [5, 5.41) is 117. The third kappa shape index (κ3) is 16.2. The molecule has 5 aromatic rings. The van der Waals surface area contributed by atoms with Gasteiger partial charge in [0.2, 0.25) is 53.4 Å². The Morgan fingerprint density at radius 1 is 0.682 bits per heavy atom. The Morgan fingerprint density at radius 2 is 1.28 bits per heavy atom. The first-order valence-electron chi connectivity index (χ1n) is 36.1. The zero-order valence-corrected chi connectivity index (χ0v) is 61.8. The third-order valence-corrected chi connectivity index (χ3v) is 21.9. The van der Waals surface area contributed by atoms with Crippen molar-refractivity contribution in [2.75, 3.05) is 13.6 Å². The van der Waals surface area contributed by atoms with Crippen LogP contribution in [0.4, 0.5) is 9.59 Å². The van der Waals surface area contributed by atoms with Gasteiger partial charge >= 0.3 is 12.2 Å². The molecule has 11 aliphatic rings. The van der Waals surface area contributed by atoms with Crippen molar-refractivity contribution in [3.05, 3.63) is 117 Å². The summed E-state index contributed by atoms with van der Waals surface area (Å²) in [5.41, 5.74) is 2.91. The first kappa shape index (κ1) is 78.2. The van der Waals surface area contributed by atoms with Gasteiger partial charge in [0.25, 0.3) is 0 Å². The topological polar surface area (TPSA) is 496 Å². The Kier molecular flexibility index (Phi) is 22.1. The molecule has 7 aliphatic heterocycles. The van der Waals surface area contributed by atoms with Crippen LogP contribution in [-0.2, 0) is 47.8 Å². The summed E-state index contributed by atoms with van der Waals surface area (Å²) in [6, 6.07) is 0.401. The predicted molar refractivity (Wildman–Crippen MR) is 385 cm³/mol. The molecule has 0 radical (unpaired) electrons. The van der Waals surface area contributed by atoms with Crippen LogP contribution in [0.15, 0.2) is 78.9 Å². The number of likely N-dealkylation sites (N-methyl/N-ethyl adjacent to an activating group) is 1. The van der Waals surface area contributed by atoms with Crippen molar-refractivity contribution in [1.29, 1.82) is 0 Å². The van der Waals surface area contributed by atoms with Crippen molar-refractivity contribution in [2.24, 2.45) is 35.3 Å². The number of benzene rings is 5. The summed E-state index contributed by atoms with van der Waals surface area (Å²) in [4.78, 5) is 133. The highest BCUT2D eigenvalue weighted by Crippen LogP contribution is 2.55. The SMILES string of the molecule is CC(C)C[C@H](C(=O)N[C@H]1C(=O)N[C@@H](CC(N)=O)C(=O)N[C@H]2C(=O)N[C@H]3C(=O)N[C@@H](C(=O)N[C@H](C(O)NC4C5CC6CC(C5)CC4C6)c4cc(O)cc(O)c4-c4cc3ccc4O)[C@H](O)c3ccc(c(Cl)c3)Oc3cc2cc(c3OC2OC3CNC(=O)OC3C(O)C2O)Oc2ccc(cc2Cl)[C@H]1O)N(C)C(=O)OC(C)(C)C. The maximum Gasteiger partial charge on any atom is 0.410 e. The van der Waals surface area contributed by atoms with Crippen molar-refractivity contribution in [3.8, 4) is 57.1 Å². The molecule has 5 aromatic carbocycles. The number of aromatic hydroxyl groups is 3. The molecule has 16 rings (SSSR count). The maximum absolute atomic E-state index is 16.2. The second kappa shape index (κ2) is 31.1. The number of nitrogens with one attached hydrogen (secondary N) is 8. The number of halogens is 2. The van der Waals surface area contributed by atoms with Gasteiger partial charge < -0.3 is 112 Å². The van der Waals surface area contributed by atoms with Gasteiger partial charge in [-0.2, -0.15) is 0 Å². The van der Waals surface area contributed by atoms with E-state index in [1.807, 2.05) is 0 Å². The van der Waals surface area contributed by atoms with Crippen molar-refractivity contribution < 1.29 is 112 Å². The van der Waals surface area contributed by atoms with Crippen LogP contribution < -0.4 is 62.5 Å². The van der Waals surface area contributed by atoms with Crippen LogP contribution in [0, 0.1) is 29.6 Å². The van der Waals surface area contributed by atoms with E-state index >= 15 is 24.0 Å². The number of phenols is 3. The summed E-state index contributed by atoms with van der Waals surface area (Å²) in [6.45, 7) is 8.01. The molecular formula is C75H86Cl2N10O23. The standard InChI is InChI=1S/C75H86Cl2N10O23/c1-28(2)13-43(87(6)74(104)110-75(3,4)5)66(97)85-57-59(92)32-8-11-46(40(76)20-32)105-48-22-36-23-49(63(48)108-72-62(95)61(94)64-50(107-72)27-79-73(103)109-64)106-47-12-9-33(21-41(47)77)60(93)58-71(102)84-56(69(100)81-53-34-15-29-14-30(17-34)18-35(53)16-29)39-24-37(88)25-45(90)52(39)38-19-31(7-10-44(38)89)54(67(98)86-58)83-68(99)55(36)82-65(96)42(26-51(78)91)80-70(57)101/h7-12,19-25,28-30,34-35,42-43,50,53-62,64,69,72,81,88-90,92-95,100H,13-18,26-27H2,1-6H3,(H2,78,91)(H,79,103)(H,80,101)(H,82,96)(H,83,99)(H,84,102)(H,85,97)(H,86,98)/t29?,30?,34?,35?,42-,43+,50?,53?,54+,55+,56-,57+,58+,59+,60+,61?,62?,64?,69?,72?/m0/s1. The van der Waals surface area contributed by atoms with Crippen LogP contribution in [0.5, 0.6) is 46.0 Å². The summed E-state index contributed by atoms with van der Waals surface area (Å²) in [6.07, 6.45) is -13.0. The molecule has 15 bridgehead atoms. The van der Waals surface area contributed by atoms with E-state index in [2.05, 4.69) is 42.5 Å². The fraction of sp³-hybridized carbons (Fsp3) is 0.480. The second-order valence-electron chi connectivity index (χ2n) is 30.8. The fourth-order valence-electron chi connectivity index (χ4n) is 16.3. The number of rotatable bonds is 12. The average Bonchev–Trinajstić information content (AvgIpc) is 0.754. The number of fused-ring (bicyclic) bond motifs is 16. The van der Waals surface area contributed by atoms with E-state index in [0.29, 0.717) is 11.8 Å². The largest absolute Gasteiger partial charge is 0.508 e. The molecule has 4 saturated carbocycles. The minimum absolute atomic E-state index is 0.0416. The van der Waals surface area contributed by atoms with Crippen LogP contribution in [-0.4, -0.2) is 186 Å². The van der Waals surface area contributed by atoms with Crippen LogP contribution in [0.25, 0.3) is 11.1 Å². The molecule has 9 amide bonds. The number of phenolic OH excluding ortho intramolecular Hbond substituents is 3. The lowest BCUT2D eigenvalue weighted by molar-refractivity contribution is -0.275. The Hall–Kier alpha value is -9.97. The normalized spacial score (nSPS) is 29.7. The van der Waals surface area contributed by atoms with E-state index in [1.165, 1.54) is 43.4 Å². The van der Waals surface area contributed by atoms with Crippen molar-refractivity contribution >= 4 is 76.7 Å². The molecule has 18 N–H and O–H groups in total. The Bertz CT molecular complexity index is 4480. The second-order valence-corrected chi connectivity index (χ2v) is 31.6. The Morgan fingerprint density at radius 3 is 1.89 bits per heavy atom. The zero-order valence-electron chi connectivity index (χ0n) is 60.3. The van der Waals surface area contributed by atoms with Gasteiger partial charge in [-0.25, -0.2) is 9.59 Å². The maximum atomic E-state index is 16.2. The lowest BCUT2D eigenvalue weighted by Gasteiger charge is -2.55. The molecule has 15 atom stereocenters. The van der Waals surface area contributed by atoms with Gasteiger partial charge in [-0.1, -0.05) is 55.2 Å². The molecule has 588 valence electrons. The lowest BCUT2D eigenvalue weighted by atomic mass is 9.54. The quantitative estimate of drug-likeness (QED) is 0.0787. The molecule has 6 unspecified atom stereocenters. The summed E-state index contributed by atoms with van der Waals surface area (Å²) >= 11 is 14.3. The summed E-state index contributed by atoms with van der Waals surface area (Å²) in [5.74, 6) is -12.3. The van der Waals surface area contributed by atoms with Crippen molar-refractivity contribution in [2.45, 2.75) is 183 Å². The van der Waals surface area contributed by atoms with Gasteiger partial charge in [-0.3, -0.25) is 43.8 Å². The first-order chi connectivity index (χ1) is 52.0. The monoisotopic (exact) mass is 1560 g/mol. The molecule has 33 nitrogen and oxygen atoms in total. The van der Waals surface area contributed by atoms with E-state index in [0.717, 1.165) is 79.5 Å². The van der Waals surface area contributed by atoms with Gasteiger partial charge in [0, 0.05) is 30.3 Å². The van der Waals surface area contributed by atoms with Crippen LogP contribution in [0.3, 0.4) is 0 Å². The molecule has 7 heterocycles. The number of nitrogens with two attached hydrogens (primary N) is 1. The van der Waals surface area contributed by atoms with E-state index in [4.69, 9.17) is 57.4 Å². The van der Waals surface area contributed by atoms with Crippen molar-refractivity contribution in [3.63, 3.8) is 0 Å². The number of hydrogen-bond donors (Lipinski definition) is 17. The molecule has 35 heteroatoms. The zero-order chi connectivity index (χ0) is 79.0. The highest BCUT2D eigenvalue weighted by Gasteiger charge is 2.53. The molecule has 0 spiro atoms. The van der Waals surface area contributed by atoms with E-state index in [1.54, 1.807) is 34.6 Å². The number of carbonyl (C=O) groups excluding carboxylic acids is 9. The summed E-state index contributed by atoms with van der Waals surface area (Å²) in [7, 11) is 1.28. The van der Waals surface area contributed by atoms with E-state index in [9.17, 15) is 60.0 Å². The molecule has 110 heavy (non-hydrogen) atoms. The first-order valence-corrected chi connectivity index (χ1v) is 36.8.